The van der Waals surface area contributed by atoms with Crippen LogP contribution in [0.15, 0.2) is 18.3 Å². The van der Waals surface area contributed by atoms with Gasteiger partial charge < -0.3 is 15.3 Å². The highest BCUT2D eigenvalue weighted by Crippen LogP contribution is 2.34. The van der Waals surface area contributed by atoms with E-state index in [1.807, 2.05) is 4.90 Å². The Bertz CT molecular complexity index is 764. The van der Waals surface area contributed by atoms with E-state index in [0.717, 1.165) is 10.9 Å². The summed E-state index contributed by atoms with van der Waals surface area (Å²) in [5.41, 5.74) is 1.44. The van der Waals surface area contributed by atoms with Crippen LogP contribution in [0.4, 0.5) is 16.2 Å². The summed E-state index contributed by atoms with van der Waals surface area (Å²) in [6.07, 6.45) is 1.81. The molecule has 0 saturated carbocycles. The lowest BCUT2D eigenvalue weighted by Crippen LogP contribution is -2.44. The average molecular weight is 319 g/mol. The molecule has 2 aromatic rings. The Morgan fingerprint density at radius 2 is 2.13 bits per heavy atom. The zero-order chi connectivity index (χ0) is 16.6. The Labute approximate surface area is 131 Å². The van der Waals surface area contributed by atoms with Crippen molar-refractivity contribution in [1.82, 2.24) is 15.1 Å². The number of nitro benzene ring substituents is 1. The van der Waals surface area contributed by atoms with Crippen molar-refractivity contribution in [2.45, 2.75) is 18.9 Å². The first kappa shape index (κ1) is 15.1. The van der Waals surface area contributed by atoms with Crippen LogP contribution in [0.1, 0.15) is 12.8 Å². The first-order chi connectivity index (χ1) is 11.0. The SMILES string of the molecule is Cn1ncc2cc([N+](=O)[O-])c(N3CCC(NC(=O)O)CC3)cc21. The van der Waals surface area contributed by atoms with E-state index in [1.54, 1.807) is 30.1 Å². The molecule has 1 aromatic heterocycles. The molecule has 0 bridgehead atoms. The number of nitro groups is 1. The molecular weight excluding hydrogens is 302 g/mol. The van der Waals surface area contributed by atoms with Crippen molar-refractivity contribution in [2.24, 2.45) is 7.05 Å². The van der Waals surface area contributed by atoms with Gasteiger partial charge in [-0.05, 0) is 18.9 Å². The number of rotatable bonds is 3. The van der Waals surface area contributed by atoms with Gasteiger partial charge in [0.05, 0.1) is 16.6 Å². The fourth-order valence-electron chi connectivity index (χ4n) is 3.02. The minimum atomic E-state index is -1.04. The molecule has 1 fully saturated rings. The van der Waals surface area contributed by atoms with Gasteiger partial charge in [-0.25, -0.2) is 4.79 Å². The maximum Gasteiger partial charge on any atom is 0.404 e. The number of carbonyl (C=O) groups is 1. The molecule has 122 valence electrons. The van der Waals surface area contributed by atoms with Crippen molar-refractivity contribution < 1.29 is 14.8 Å². The smallest absolute Gasteiger partial charge is 0.404 e. The summed E-state index contributed by atoms with van der Waals surface area (Å²) >= 11 is 0. The molecule has 1 saturated heterocycles. The number of nitrogens with one attached hydrogen (secondary N) is 1. The van der Waals surface area contributed by atoms with Gasteiger partial charge in [0.15, 0.2) is 0 Å². The average Bonchev–Trinajstić information content (AvgIpc) is 2.87. The highest BCUT2D eigenvalue weighted by molar-refractivity contribution is 5.88. The number of amides is 1. The summed E-state index contributed by atoms with van der Waals surface area (Å²) in [5, 5.41) is 27.5. The standard InChI is InChI=1S/C14H17N5O4/c1-17-11-7-12(13(19(22)23)6-9(11)8-15-17)18-4-2-10(3-5-18)16-14(20)21/h6-8,10,16H,2-5H2,1H3,(H,20,21). The molecule has 2 N–H and O–H groups in total. The maximum absolute atomic E-state index is 11.4. The molecule has 23 heavy (non-hydrogen) atoms. The Balaban J connectivity index is 1.90. The molecule has 0 radical (unpaired) electrons. The minimum Gasteiger partial charge on any atom is -0.465 e. The van der Waals surface area contributed by atoms with Crippen molar-refractivity contribution in [3.05, 3.63) is 28.4 Å². The van der Waals surface area contributed by atoms with Gasteiger partial charge in [-0.2, -0.15) is 5.10 Å². The lowest BCUT2D eigenvalue weighted by atomic mass is 10.0. The third-order valence-electron chi connectivity index (χ3n) is 4.20. The van der Waals surface area contributed by atoms with Gasteiger partial charge in [-0.15, -0.1) is 0 Å². The van der Waals surface area contributed by atoms with Gasteiger partial charge in [0.1, 0.15) is 5.69 Å². The number of aromatic nitrogens is 2. The van der Waals surface area contributed by atoms with Crippen LogP contribution in [-0.2, 0) is 7.05 Å². The molecule has 3 rings (SSSR count). The second-order valence-corrected chi connectivity index (χ2v) is 5.64. The van der Waals surface area contributed by atoms with Gasteiger partial charge in [-0.1, -0.05) is 0 Å². The number of anilines is 1. The lowest BCUT2D eigenvalue weighted by molar-refractivity contribution is -0.384. The van der Waals surface area contributed by atoms with Crippen LogP contribution in [-0.4, -0.2) is 45.0 Å². The normalized spacial score (nSPS) is 15.8. The molecular formula is C14H17N5O4. The highest BCUT2D eigenvalue weighted by atomic mass is 16.6. The summed E-state index contributed by atoms with van der Waals surface area (Å²) in [7, 11) is 1.79. The Kier molecular flexibility index (Phi) is 3.77. The quantitative estimate of drug-likeness (QED) is 0.657. The monoisotopic (exact) mass is 319 g/mol. The largest absolute Gasteiger partial charge is 0.465 e. The number of hydrogen-bond donors (Lipinski definition) is 2. The van der Waals surface area contributed by atoms with E-state index in [4.69, 9.17) is 5.11 Å². The summed E-state index contributed by atoms with van der Waals surface area (Å²) in [6.45, 7) is 1.13. The van der Waals surface area contributed by atoms with E-state index in [9.17, 15) is 14.9 Å². The van der Waals surface area contributed by atoms with Crippen molar-refractivity contribution >= 4 is 28.4 Å². The zero-order valence-corrected chi connectivity index (χ0v) is 12.6. The zero-order valence-electron chi connectivity index (χ0n) is 12.6. The van der Waals surface area contributed by atoms with Gasteiger partial charge in [0.25, 0.3) is 5.69 Å². The molecule has 1 aliphatic rings. The third kappa shape index (κ3) is 2.89. The second kappa shape index (κ2) is 5.75. The molecule has 2 heterocycles. The summed E-state index contributed by atoms with van der Waals surface area (Å²) < 4.78 is 1.68. The van der Waals surface area contributed by atoms with Gasteiger partial charge >= 0.3 is 6.09 Å². The molecule has 0 spiro atoms. The van der Waals surface area contributed by atoms with E-state index in [0.29, 0.717) is 31.6 Å². The number of aryl methyl sites for hydroxylation is 1. The minimum absolute atomic E-state index is 0.0511. The molecule has 9 nitrogen and oxygen atoms in total. The van der Waals surface area contributed by atoms with Gasteiger partial charge in [0.2, 0.25) is 0 Å². The number of piperidine rings is 1. The number of fused-ring (bicyclic) bond motifs is 1. The van der Waals surface area contributed by atoms with Crippen LogP contribution in [0.2, 0.25) is 0 Å². The molecule has 1 aliphatic heterocycles. The van der Waals surface area contributed by atoms with E-state index in [2.05, 4.69) is 10.4 Å². The molecule has 1 amide bonds. The van der Waals surface area contributed by atoms with Crippen LogP contribution < -0.4 is 10.2 Å². The van der Waals surface area contributed by atoms with Gasteiger partial charge in [-0.3, -0.25) is 14.8 Å². The number of carboxylic acid groups (broad SMARTS) is 1. The van der Waals surface area contributed by atoms with Crippen molar-refractivity contribution in [1.29, 1.82) is 0 Å². The predicted octanol–water partition coefficient (Wildman–Crippen LogP) is 1.72. The molecule has 0 aliphatic carbocycles. The van der Waals surface area contributed by atoms with E-state index < -0.39 is 6.09 Å². The summed E-state index contributed by atoms with van der Waals surface area (Å²) in [4.78, 5) is 23.6. The molecule has 1 aromatic carbocycles. The first-order valence-corrected chi connectivity index (χ1v) is 7.30. The molecule has 0 atom stereocenters. The topological polar surface area (TPSA) is 114 Å². The number of hydrogen-bond acceptors (Lipinski definition) is 5. The second-order valence-electron chi connectivity index (χ2n) is 5.64. The van der Waals surface area contributed by atoms with Gasteiger partial charge in [0, 0.05) is 37.6 Å². The predicted molar refractivity (Wildman–Crippen MR) is 83.8 cm³/mol. The van der Waals surface area contributed by atoms with Crippen molar-refractivity contribution in [3.8, 4) is 0 Å². The molecule has 0 unspecified atom stereocenters. The van der Waals surface area contributed by atoms with Crippen molar-refractivity contribution in [3.63, 3.8) is 0 Å². The Morgan fingerprint density at radius 1 is 1.43 bits per heavy atom. The van der Waals surface area contributed by atoms with Crippen LogP contribution in [0, 0.1) is 10.1 Å². The summed E-state index contributed by atoms with van der Waals surface area (Å²) in [6, 6.07) is 3.22. The Hall–Kier alpha value is -2.84. The number of benzene rings is 1. The highest BCUT2D eigenvalue weighted by Gasteiger charge is 2.26. The fourth-order valence-corrected chi connectivity index (χ4v) is 3.02. The van der Waals surface area contributed by atoms with Crippen LogP contribution in [0.25, 0.3) is 10.9 Å². The third-order valence-corrected chi connectivity index (χ3v) is 4.20. The fraction of sp³-hybridized carbons (Fsp3) is 0.429. The van der Waals surface area contributed by atoms with E-state index >= 15 is 0 Å². The maximum atomic E-state index is 11.4. The van der Waals surface area contributed by atoms with E-state index in [1.165, 1.54) is 0 Å². The van der Waals surface area contributed by atoms with Crippen LogP contribution >= 0.6 is 0 Å². The first-order valence-electron chi connectivity index (χ1n) is 7.30. The lowest BCUT2D eigenvalue weighted by Gasteiger charge is -2.33. The summed E-state index contributed by atoms with van der Waals surface area (Å²) in [5.74, 6) is 0. The molecule has 9 heteroatoms. The van der Waals surface area contributed by atoms with E-state index in [-0.39, 0.29) is 16.7 Å². The van der Waals surface area contributed by atoms with Crippen LogP contribution in [0.5, 0.6) is 0 Å². The van der Waals surface area contributed by atoms with Crippen molar-refractivity contribution in [2.75, 3.05) is 18.0 Å². The Morgan fingerprint density at radius 3 is 2.74 bits per heavy atom. The van der Waals surface area contributed by atoms with Crippen LogP contribution in [0.3, 0.4) is 0 Å². The number of nitrogens with zero attached hydrogens (tertiary/aromatic N) is 4.